The highest BCUT2D eigenvalue weighted by Gasteiger charge is 2.14. The lowest BCUT2D eigenvalue weighted by atomic mass is 10.1. The number of carboxylic acids is 1. The topological polar surface area (TPSA) is 88.4 Å². The summed E-state index contributed by atoms with van der Waals surface area (Å²) in [5.41, 5.74) is -1.28. The highest BCUT2D eigenvalue weighted by atomic mass is 16.4. The minimum Gasteiger partial charge on any atom is -0.477 e. The van der Waals surface area contributed by atoms with E-state index < -0.39 is 11.4 Å². The van der Waals surface area contributed by atoms with Gasteiger partial charge in [0.25, 0.3) is 0 Å². The lowest BCUT2D eigenvalue weighted by Crippen LogP contribution is -2.42. The molecule has 0 aliphatic rings. The van der Waals surface area contributed by atoms with Crippen molar-refractivity contribution in [2.75, 3.05) is 0 Å². The Hall–Kier alpha value is -2.11. The third-order valence-electron chi connectivity index (χ3n) is 2.05. The van der Waals surface area contributed by atoms with Crippen LogP contribution in [0.5, 0.6) is 0 Å². The van der Waals surface area contributed by atoms with Gasteiger partial charge in [0.2, 0.25) is 5.91 Å². The van der Waals surface area contributed by atoms with Crippen molar-refractivity contribution in [1.82, 2.24) is 9.88 Å². The largest absolute Gasteiger partial charge is 0.477 e. The van der Waals surface area contributed by atoms with E-state index in [1.54, 1.807) is 0 Å². The summed E-state index contributed by atoms with van der Waals surface area (Å²) in [6, 6.07) is 1.13. The summed E-state index contributed by atoms with van der Waals surface area (Å²) in [7, 11) is 0. The third kappa shape index (κ3) is 4.04. The first-order chi connectivity index (χ1) is 8.19. The summed E-state index contributed by atoms with van der Waals surface area (Å²) in [6.07, 6.45) is 2.55. The number of aromatic carboxylic acids is 1. The molecule has 0 saturated heterocycles. The molecule has 0 aromatic carbocycles. The number of rotatable bonds is 3. The van der Waals surface area contributed by atoms with Crippen LogP contribution >= 0.6 is 0 Å². The first-order valence-corrected chi connectivity index (χ1v) is 5.43. The Kier molecular flexibility index (Phi) is 3.90. The quantitative estimate of drug-likeness (QED) is 0.818. The van der Waals surface area contributed by atoms with Crippen LogP contribution in [-0.2, 0) is 11.3 Å². The fraction of sp³-hybridized carbons (Fsp3) is 0.417. The molecule has 2 N–H and O–H groups in total. The molecule has 1 rings (SSSR count). The molecule has 6 nitrogen and oxygen atoms in total. The summed E-state index contributed by atoms with van der Waals surface area (Å²) in [5, 5.41) is 11.5. The molecule has 0 aliphatic heterocycles. The lowest BCUT2D eigenvalue weighted by Gasteiger charge is -2.20. The second-order valence-corrected chi connectivity index (χ2v) is 5.00. The van der Waals surface area contributed by atoms with Crippen LogP contribution in [0, 0.1) is 0 Å². The van der Waals surface area contributed by atoms with Gasteiger partial charge >= 0.3 is 5.97 Å². The SMILES string of the molecule is CC(C)(C)NC(=O)Cn1ccc(=O)c(C(=O)O)c1. The van der Waals surface area contributed by atoms with Crippen LogP contribution in [-0.4, -0.2) is 27.1 Å². The van der Waals surface area contributed by atoms with Crippen LogP contribution in [0.4, 0.5) is 0 Å². The average Bonchev–Trinajstić information content (AvgIpc) is 2.17. The minimum absolute atomic E-state index is 0.0299. The zero-order valence-electron chi connectivity index (χ0n) is 10.6. The fourth-order valence-electron chi connectivity index (χ4n) is 1.41. The van der Waals surface area contributed by atoms with Gasteiger partial charge in [0, 0.05) is 24.0 Å². The maximum absolute atomic E-state index is 11.6. The molecule has 0 fully saturated rings. The van der Waals surface area contributed by atoms with Crippen LogP contribution in [0.1, 0.15) is 31.1 Å². The summed E-state index contributed by atoms with van der Waals surface area (Å²) >= 11 is 0. The van der Waals surface area contributed by atoms with Gasteiger partial charge in [-0.15, -0.1) is 0 Å². The summed E-state index contributed by atoms with van der Waals surface area (Å²) in [4.78, 5) is 33.6. The van der Waals surface area contributed by atoms with Gasteiger partial charge in [-0.3, -0.25) is 9.59 Å². The van der Waals surface area contributed by atoms with E-state index in [9.17, 15) is 14.4 Å². The Bertz CT molecular complexity index is 526. The van der Waals surface area contributed by atoms with Crippen LogP contribution in [0.3, 0.4) is 0 Å². The zero-order valence-corrected chi connectivity index (χ0v) is 10.6. The molecule has 1 heterocycles. The third-order valence-corrected chi connectivity index (χ3v) is 2.05. The maximum Gasteiger partial charge on any atom is 0.341 e. The number of hydrogen-bond acceptors (Lipinski definition) is 3. The second-order valence-electron chi connectivity index (χ2n) is 5.00. The van der Waals surface area contributed by atoms with Gasteiger partial charge in [0.1, 0.15) is 12.1 Å². The summed E-state index contributed by atoms with van der Waals surface area (Å²) in [6.45, 7) is 5.51. The normalized spacial score (nSPS) is 11.1. The molecule has 0 atom stereocenters. The first kappa shape index (κ1) is 14.0. The minimum atomic E-state index is -1.30. The van der Waals surface area contributed by atoms with Crippen molar-refractivity contribution in [3.8, 4) is 0 Å². The monoisotopic (exact) mass is 252 g/mol. The van der Waals surface area contributed by atoms with E-state index in [1.165, 1.54) is 10.8 Å². The van der Waals surface area contributed by atoms with E-state index in [4.69, 9.17) is 5.11 Å². The number of nitrogens with zero attached hydrogens (tertiary/aromatic N) is 1. The molecule has 1 amide bonds. The Morgan fingerprint density at radius 3 is 2.50 bits per heavy atom. The second kappa shape index (κ2) is 5.03. The molecule has 0 bridgehead atoms. The average molecular weight is 252 g/mol. The number of carboxylic acid groups (broad SMARTS) is 1. The molecule has 0 aliphatic carbocycles. The molecule has 0 spiro atoms. The molecule has 1 aromatic heterocycles. The van der Waals surface area contributed by atoms with Gasteiger partial charge in [-0.25, -0.2) is 4.79 Å². The van der Waals surface area contributed by atoms with Crippen molar-refractivity contribution >= 4 is 11.9 Å². The summed E-state index contributed by atoms with van der Waals surface area (Å²) in [5.74, 6) is -1.55. The van der Waals surface area contributed by atoms with Crippen molar-refractivity contribution in [3.05, 3.63) is 34.2 Å². The fourth-order valence-corrected chi connectivity index (χ4v) is 1.41. The van der Waals surface area contributed by atoms with Crippen LogP contribution in [0.2, 0.25) is 0 Å². The smallest absolute Gasteiger partial charge is 0.341 e. The number of aromatic nitrogens is 1. The molecule has 0 saturated carbocycles. The lowest BCUT2D eigenvalue weighted by molar-refractivity contribution is -0.123. The molecular weight excluding hydrogens is 236 g/mol. The van der Waals surface area contributed by atoms with Crippen molar-refractivity contribution in [1.29, 1.82) is 0 Å². The molecule has 98 valence electrons. The van der Waals surface area contributed by atoms with Gasteiger partial charge in [-0.05, 0) is 20.8 Å². The van der Waals surface area contributed by atoms with E-state index >= 15 is 0 Å². The van der Waals surface area contributed by atoms with Gasteiger partial charge in [-0.1, -0.05) is 0 Å². The predicted octanol–water partition coefficient (Wildman–Crippen LogP) is 0.461. The van der Waals surface area contributed by atoms with Crippen molar-refractivity contribution < 1.29 is 14.7 Å². The van der Waals surface area contributed by atoms with Gasteiger partial charge < -0.3 is 15.0 Å². The van der Waals surface area contributed by atoms with Crippen molar-refractivity contribution in [2.24, 2.45) is 0 Å². The number of amides is 1. The van der Waals surface area contributed by atoms with E-state index in [0.717, 1.165) is 12.3 Å². The van der Waals surface area contributed by atoms with E-state index in [2.05, 4.69) is 5.32 Å². The number of carbonyl (C=O) groups excluding carboxylic acids is 1. The van der Waals surface area contributed by atoms with E-state index in [0.29, 0.717) is 0 Å². The Morgan fingerprint density at radius 2 is 2.00 bits per heavy atom. The summed E-state index contributed by atoms with van der Waals surface area (Å²) < 4.78 is 1.37. The predicted molar refractivity (Wildman–Crippen MR) is 65.6 cm³/mol. The van der Waals surface area contributed by atoms with Crippen molar-refractivity contribution in [2.45, 2.75) is 32.9 Å². The molecule has 6 heteroatoms. The number of hydrogen-bond donors (Lipinski definition) is 2. The molecule has 0 radical (unpaired) electrons. The highest BCUT2D eigenvalue weighted by Crippen LogP contribution is 1.99. The Balaban J connectivity index is 2.86. The number of pyridine rings is 1. The van der Waals surface area contributed by atoms with Crippen molar-refractivity contribution in [3.63, 3.8) is 0 Å². The maximum atomic E-state index is 11.6. The van der Waals surface area contributed by atoms with E-state index in [-0.39, 0.29) is 23.6 Å². The Morgan fingerprint density at radius 1 is 1.39 bits per heavy atom. The number of carbonyl (C=O) groups is 2. The standard InChI is InChI=1S/C12H16N2O4/c1-12(2,3)13-10(16)7-14-5-4-9(15)8(6-14)11(17)18/h4-6H,7H2,1-3H3,(H,13,16)(H,17,18). The van der Waals surface area contributed by atoms with Gasteiger partial charge in [0.15, 0.2) is 5.43 Å². The number of nitrogens with one attached hydrogen (secondary N) is 1. The molecule has 18 heavy (non-hydrogen) atoms. The van der Waals surface area contributed by atoms with Gasteiger partial charge in [-0.2, -0.15) is 0 Å². The molecular formula is C12H16N2O4. The highest BCUT2D eigenvalue weighted by molar-refractivity contribution is 5.87. The van der Waals surface area contributed by atoms with Crippen LogP contribution in [0.25, 0.3) is 0 Å². The van der Waals surface area contributed by atoms with Crippen LogP contribution < -0.4 is 10.7 Å². The zero-order chi connectivity index (χ0) is 13.9. The first-order valence-electron chi connectivity index (χ1n) is 5.43. The molecule has 1 aromatic rings. The Labute approximate surface area is 104 Å². The van der Waals surface area contributed by atoms with Gasteiger partial charge in [0.05, 0.1) is 0 Å². The molecule has 0 unspecified atom stereocenters. The van der Waals surface area contributed by atoms with E-state index in [1.807, 2.05) is 20.8 Å². The van der Waals surface area contributed by atoms with Crippen LogP contribution in [0.15, 0.2) is 23.3 Å².